The highest BCUT2D eigenvalue weighted by molar-refractivity contribution is 4.91. The minimum absolute atomic E-state index is 0.223. The van der Waals surface area contributed by atoms with Gasteiger partial charge in [0, 0.05) is 38.8 Å². The second kappa shape index (κ2) is 19.5. The molecule has 0 heterocycles. The number of nitrogens with zero attached hydrogens (tertiary/aromatic N) is 2. The third kappa shape index (κ3) is 12.0. The first kappa shape index (κ1) is 36.5. The Hall–Kier alpha value is -0.360. The fraction of sp³-hybridized carbons (Fsp3) is 1.00. The van der Waals surface area contributed by atoms with Gasteiger partial charge in [0.2, 0.25) is 0 Å². The summed E-state index contributed by atoms with van der Waals surface area (Å²) in [5.41, 5.74) is 0. The lowest BCUT2D eigenvalue weighted by atomic mass is 9.83. The summed E-state index contributed by atoms with van der Waals surface area (Å²) in [7, 11) is 0. The first-order valence-corrected chi connectivity index (χ1v) is 18.4. The van der Waals surface area contributed by atoms with Crippen LogP contribution in [0.25, 0.3) is 0 Å². The molecule has 0 saturated heterocycles. The van der Waals surface area contributed by atoms with Gasteiger partial charge in [-0.1, -0.05) is 38.5 Å². The average molecular weight is 626 g/mol. The van der Waals surface area contributed by atoms with Gasteiger partial charge >= 0.3 is 0 Å². The zero-order valence-corrected chi connectivity index (χ0v) is 27.5. The normalized spacial score (nSPS) is 30.5. The molecule has 258 valence electrons. The molecule has 4 aliphatic rings. The summed E-state index contributed by atoms with van der Waals surface area (Å²) in [6.45, 7) is 2.80. The molecule has 4 bridgehead atoms. The summed E-state index contributed by atoms with van der Waals surface area (Å²) in [4.78, 5) is 4.06. The number of aliphatic hydroxyl groups is 6. The number of fused-ring (bicyclic) bond motifs is 4. The zero-order valence-electron chi connectivity index (χ0n) is 27.5. The quantitative estimate of drug-likeness (QED) is 0.0814. The van der Waals surface area contributed by atoms with Crippen LogP contribution in [0.1, 0.15) is 96.3 Å². The fourth-order valence-corrected chi connectivity index (χ4v) is 9.62. The maximum absolute atomic E-state index is 10.2. The third-order valence-electron chi connectivity index (χ3n) is 11.9. The van der Waals surface area contributed by atoms with E-state index in [0.717, 1.165) is 55.0 Å². The lowest BCUT2D eigenvalue weighted by Crippen LogP contribution is -2.44. The largest absolute Gasteiger partial charge is 0.394 e. The van der Waals surface area contributed by atoms with Gasteiger partial charge in [-0.2, -0.15) is 0 Å². The first-order valence-electron chi connectivity index (χ1n) is 18.4. The van der Waals surface area contributed by atoms with E-state index in [0.29, 0.717) is 25.7 Å². The van der Waals surface area contributed by atoms with Crippen molar-refractivity contribution in [3.8, 4) is 0 Å². The molecule has 0 aromatic heterocycles. The van der Waals surface area contributed by atoms with Gasteiger partial charge < -0.3 is 36.0 Å². The summed E-state index contributed by atoms with van der Waals surface area (Å²) in [5, 5.41) is 62.0. The second-order valence-corrected chi connectivity index (χ2v) is 15.3. The van der Waals surface area contributed by atoms with Crippen LogP contribution >= 0.6 is 0 Å². The molecule has 4 aliphatic carbocycles. The van der Waals surface area contributed by atoms with Crippen LogP contribution in [0.3, 0.4) is 0 Å². The van der Waals surface area contributed by atoms with E-state index >= 15 is 0 Å². The number of hydrogen-bond acceptors (Lipinski definition) is 9. The molecule has 9 unspecified atom stereocenters. The van der Waals surface area contributed by atoms with Gasteiger partial charge in [-0.05, 0) is 106 Å². The van der Waals surface area contributed by atoms with Gasteiger partial charge in [0.05, 0.1) is 38.1 Å². The van der Waals surface area contributed by atoms with Crippen molar-refractivity contribution in [3.63, 3.8) is 0 Å². The van der Waals surface area contributed by atoms with Crippen LogP contribution in [0.4, 0.5) is 0 Å². The van der Waals surface area contributed by atoms with Crippen LogP contribution < -0.4 is 5.32 Å². The number of rotatable bonds is 25. The Morgan fingerprint density at radius 2 is 1.05 bits per heavy atom. The molecule has 0 spiro atoms. The third-order valence-corrected chi connectivity index (χ3v) is 11.9. The van der Waals surface area contributed by atoms with E-state index in [1.807, 2.05) is 4.90 Å². The standard InChI is InChI=1S/C35H67N3O6/c39-23-33(42)20-37(13-3-14-38(21-34(43)24-40)22-35(44)25-41)15-12-36-32(6-1-4-28-16-26-8-10-30(28)18-26)7-2-5-29-17-27-9-11-31(29)19-27/h26-36,39-44H,1-25H2. The zero-order chi connectivity index (χ0) is 31.3. The molecule has 0 radical (unpaired) electrons. The molecule has 4 fully saturated rings. The Labute approximate surface area is 267 Å². The molecular weight excluding hydrogens is 558 g/mol. The van der Waals surface area contributed by atoms with Crippen LogP contribution in [-0.2, 0) is 0 Å². The molecule has 4 rings (SSSR count). The van der Waals surface area contributed by atoms with Crippen molar-refractivity contribution >= 4 is 0 Å². The minimum atomic E-state index is -0.901. The van der Waals surface area contributed by atoms with E-state index in [1.165, 1.54) is 89.9 Å². The number of aliphatic hydroxyl groups excluding tert-OH is 6. The van der Waals surface area contributed by atoms with Gasteiger partial charge in [0.25, 0.3) is 0 Å². The summed E-state index contributed by atoms with van der Waals surface area (Å²) in [6, 6.07) is 0.534. The maximum atomic E-state index is 10.2. The predicted octanol–water partition coefficient (Wildman–Crippen LogP) is 2.21. The van der Waals surface area contributed by atoms with Gasteiger partial charge in [-0.3, -0.25) is 9.80 Å². The molecule has 0 aromatic rings. The topological polar surface area (TPSA) is 140 Å². The Kier molecular flexibility index (Phi) is 16.1. The van der Waals surface area contributed by atoms with Gasteiger partial charge in [0.1, 0.15) is 0 Å². The van der Waals surface area contributed by atoms with Gasteiger partial charge in [-0.15, -0.1) is 0 Å². The van der Waals surface area contributed by atoms with Gasteiger partial charge in [-0.25, -0.2) is 0 Å². The Morgan fingerprint density at radius 3 is 1.48 bits per heavy atom. The molecule has 4 saturated carbocycles. The lowest BCUT2D eigenvalue weighted by molar-refractivity contribution is 0.0207. The van der Waals surface area contributed by atoms with Crippen LogP contribution in [0, 0.1) is 35.5 Å². The lowest BCUT2D eigenvalue weighted by Gasteiger charge is -2.29. The van der Waals surface area contributed by atoms with Crippen molar-refractivity contribution in [2.45, 2.75) is 121 Å². The van der Waals surface area contributed by atoms with Crippen molar-refractivity contribution in [1.29, 1.82) is 0 Å². The number of nitrogens with one attached hydrogen (secondary N) is 1. The van der Waals surface area contributed by atoms with Crippen molar-refractivity contribution in [2.75, 3.05) is 65.6 Å². The molecule has 9 atom stereocenters. The Balaban J connectivity index is 1.22. The monoisotopic (exact) mass is 626 g/mol. The Bertz CT molecular complexity index is 733. The van der Waals surface area contributed by atoms with E-state index in [4.69, 9.17) is 0 Å². The van der Waals surface area contributed by atoms with E-state index in [2.05, 4.69) is 10.2 Å². The van der Waals surface area contributed by atoms with E-state index < -0.39 is 18.3 Å². The summed E-state index contributed by atoms with van der Waals surface area (Å²) >= 11 is 0. The average Bonchev–Trinajstić information content (AvgIpc) is 3.84. The predicted molar refractivity (Wildman–Crippen MR) is 174 cm³/mol. The van der Waals surface area contributed by atoms with Crippen LogP contribution in [0.5, 0.6) is 0 Å². The first-order chi connectivity index (χ1) is 21.4. The van der Waals surface area contributed by atoms with Crippen molar-refractivity contribution in [2.24, 2.45) is 35.5 Å². The highest BCUT2D eigenvalue weighted by Crippen LogP contribution is 2.51. The molecule has 9 heteroatoms. The molecule has 9 nitrogen and oxygen atoms in total. The van der Waals surface area contributed by atoms with Crippen molar-refractivity contribution in [3.05, 3.63) is 0 Å². The highest BCUT2D eigenvalue weighted by atomic mass is 16.3. The van der Waals surface area contributed by atoms with E-state index in [-0.39, 0.29) is 32.9 Å². The van der Waals surface area contributed by atoms with E-state index in [9.17, 15) is 30.6 Å². The van der Waals surface area contributed by atoms with Crippen LogP contribution in [-0.4, -0.2) is 130 Å². The van der Waals surface area contributed by atoms with E-state index in [1.54, 1.807) is 0 Å². The minimum Gasteiger partial charge on any atom is -0.394 e. The fourth-order valence-electron chi connectivity index (χ4n) is 9.62. The SMILES string of the molecule is OCC(O)CN(CCCN(CC(O)CO)CC(O)CO)CCNC(CCCC1CC2CCC1C2)CCCC1CC2CCC1C2. The second-order valence-electron chi connectivity index (χ2n) is 15.3. The van der Waals surface area contributed by atoms with Gasteiger partial charge in [0.15, 0.2) is 0 Å². The molecule has 0 amide bonds. The Morgan fingerprint density at radius 1 is 0.568 bits per heavy atom. The van der Waals surface area contributed by atoms with Crippen molar-refractivity contribution in [1.82, 2.24) is 15.1 Å². The summed E-state index contributed by atoms with van der Waals surface area (Å²) in [5.74, 6) is 5.99. The molecule has 44 heavy (non-hydrogen) atoms. The van der Waals surface area contributed by atoms with Crippen LogP contribution in [0.15, 0.2) is 0 Å². The van der Waals surface area contributed by atoms with Crippen molar-refractivity contribution < 1.29 is 30.6 Å². The van der Waals surface area contributed by atoms with Crippen LogP contribution in [0.2, 0.25) is 0 Å². The summed E-state index contributed by atoms with van der Waals surface area (Å²) in [6.07, 6.45) is 17.9. The maximum Gasteiger partial charge on any atom is 0.0897 e. The molecular formula is C35H67N3O6. The summed E-state index contributed by atoms with van der Waals surface area (Å²) < 4.78 is 0. The molecule has 7 N–H and O–H groups in total. The number of hydrogen-bond donors (Lipinski definition) is 7. The molecule has 0 aromatic carbocycles. The molecule has 0 aliphatic heterocycles. The highest BCUT2D eigenvalue weighted by Gasteiger charge is 2.40. The smallest absolute Gasteiger partial charge is 0.0897 e.